The van der Waals surface area contributed by atoms with Crippen molar-refractivity contribution >= 4 is 40.8 Å². The number of fused-ring (bicyclic) bond motifs is 1. The number of halogens is 1. The lowest BCUT2D eigenvalue weighted by Gasteiger charge is -2.26. The zero-order valence-electron chi connectivity index (χ0n) is 16.9. The highest BCUT2D eigenvalue weighted by Crippen LogP contribution is 2.24. The molecule has 156 valence electrons. The molecular formula is C22H30IN5O. The quantitative estimate of drug-likeness (QED) is 0.258. The number of aromatic nitrogens is 1. The molecule has 0 bridgehead atoms. The Morgan fingerprint density at radius 2 is 2.00 bits per heavy atom. The van der Waals surface area contributed by atoms with Crippen molar-refractivity contribution in [3.05, 3.63) is 60.2 Å². The lowest BCUT2D eigenvalue weighted by Crippen LogP contribution is -2.43. The monoisotopic (exact) mass is 507 g/mol. The van der Waals surface area contributed by atoms with E-state index in [1.165, 1.54) is 29.3 Å². The zero-order chi connectivity index (χ0) is 19.2. The van der Waals surface area contributed by atoms with Gasteiger partial charge in [0.15, 0.2) is 5.96 Å². The van der Waals surface area contributed by atoms with Crippen LogP contribution in [-0.4, -0.2) is 49.1 Å². The number of furan rings is 1. The van der Waals surface area contributed by atoms with Crippen molar-refractivity contribution < 1.29 is 4.42 Å². The molecule has 6 nitrogen and oxygen atoms in total. The number of guanidine groups is 1. The smallest absolute Gasteiger partial charge is 0.191 e. The third kappa shape index (κ3) is 5.33. The lowest BCUT2D eigenvalue weighted by atomic mass is 10.1. The molecule has 0 saturated carbocycles. The fourth-order valence-electron chi connectivity index (χ4n) is 4.01. The minimum Gasteiger partial charge on any atom is -0.468 e. The van der Waals surface area contributed by atoms with E-state index in [4.69, 9.17) is 4.42 Å². The fraction of sp³-hybridized carbons (Fsp3) is 0.409. The topological polar surface area (TPSA) is 68.6 Å². The van der Waals surface area contributed by atoms with Crippen molar-refractivity contribution in [2.24, 2.45) is 4.99 Å². The van der Waals surface area contributed by atoms with Crippen molar-refractivity contribution in [2.45, 2.75) is 25.3 Å². The SMILES string of the molecule is CN=C(NCCc1c[nH]c2ccccc12)NCC(c1ccco1)N1CCCC1.I. The van der Waals surface area contributed by atoms with Crippen molar-refractivity contribution in [1.29, 1.82) is 0 Å². The van der Waals surface area contributed by atoms with E-state index in [1.807, 2.05) is 13.1 Å². The molecule has 3 aromatic rings. The molecule has 1 aliphatic heterocycles. The summed E-state index contributed by atoms with van der Waals surface area (Å²) in [5.74, 6) is 1.85. The lowest BCUT2D eigenvalue weighted by molar-refractivity contribution is 0.215. The van der Waals surface area contributed by atoms with Crippen LogP contribution in [0.1, 0.15) is 30.2 Å². The molecule has 7 heteroatoms. The summed E-state index contributed by atoms with van der Waals surface area (Å²) in [6.45, 7) is 3.86. The molecule has 2 aromatic heterocycles. The van der Waals surface area contributed by atoms with Gasteiger partial charge in [-0.05, 0) is 56.1 Å². The van der Waals surface area contributed by atoms with Gasteiger partial charge in [-0.15, -0.1) is 24.0 Å². The van der Waals surface area contributed by atoms with Crippen LogP contribution >= 0.6 is 24.0 Å². The Kier molecular flexibility index (Phi) is 8.00. The first-order valence-corrected chi connectivity index (χ1v) is 10.1. The molecule has 3 N–H and O–H groups in total. The summed E-state index contributed by atoms with van der Waals surface area (Å²) in [7, 11) is 1.82. The van der Waals surface area contributed by atoms with E-state index in [0.717, 1.165) is 44.3 Å². The highest BCUT2D eigenvalue weighted by molar-refractivity contribution is 14.0. The van der Waals surface area contributed by atoms with Gasteiger partial charge in [0.25, 0.3) is 0 Å². The van der Waals surface area contributed by atoms with E-state index in [9.17, 15) is 0 Å². The van der Waals surface area contributed by atoms with E-state index in [1.54, 1.807) is 6.26 Å². The summed E-state index contributed by atoms with van der Waals surface area (Å²) >= 11 is 0. The molecule has 1 unspecified atom stereocenters. The molecule has 0 aliphatic carbocycles. The van der Waals surface area contributed by atoms with Crippen LogP contribution < -0.4 is 10.6 Å². The second kappa shape index (κ2) is 10.7. The van der Waals surface area contributed by atoms with Crippen LogP contribution in [0.15, 0.2) is 58.3 Å². The van der Waals surface area contributed by atoms with E-state index in [-0.39, 0.29) is 30.0 Å². The van der Waals surface area contributed by atoms with Crippen molar-refractivity contribution in [3.63, 3.8) is 0 Å². The molecule has 4 rings (SSSR count). The standard InChI is InChI=1S/C22H29N5O.HI/c1-23-22(24-11-10-17-15-25-19-8-3-2-7-18(17)19)26-16-20(21-9-6-14-28-21)27-12-4-5-13-27;/h2-3,6-9,14-15,20,25H,4-5,10-13,16H2,1H3,(H2,23,24,26);1H. The van der Waals surface area contributed by atoms with Crippen LogP contribution in [0.2, 0.25) is 0 Å². The third-order valence-electron chi connectivity index (χ3n) is 5.50. The molecule has 1 saturated heterocycles. The largest absolute Gasteiger partial charge is 0.468 e. The van der Waals surface area contributed by atoms with Crippen LogP contribution in [0.25, 0.3) is 10.9 Å². The van der Waals surface area contributed by atoms with Gasteiger partial charge >= 0.3 is 0 Å². The van der Waals surface area contributed by atoms with Crippen molar-refractivity contribution in [1.82, 2.24) is 20.5 Å². The normalized spacial score (nSPS) is 16.0. The maximum absolute atomic E-state index is 5.70. The molecular weight excluding hydrogens is 477 g/mol. The predicted octanol–water partition coefficient (Wildman–Crippen LogP) is 3.92. The number of nitrogens with one attached hydrogen (secondary N) is 3. The van der Waals surface area contributed by atoms with Crippen molar-refractivity contribution in [2.75, 3.05) is 33.2 Å². The number of rotatable bonds is 7. The molecule has 3 heterocycles. The van der Waals surface area contributed by atoms with Gasteiger partial charge in [0, 0.05) is 37.2 Å². The van der Waals surface area contributed by atoms with Gasteiger partial charge in [-0.2, -0.15) is 0 Å². The minimum atomic E-state index is 0. The number of para-hydroxylation sites is 1. The number of likely N-dealkylation sites (tertiary alicyclic amines) is 1. The van der Waals surface area contributed by atoms with Crippen molar-refractivity contribution in [3.8, 4) is 0 Å². The molecule has 1 fully saturated rings. The molecule has 1 aliphatic rings. The van der Waals surface area contributed by atoms with Gasteiger partial charge < -0.3 is 20.0 Å². The molecule has 0 radical (unpaired) electrons. The number of hydrogen-bond acceptors (Lipinski definition) is 3. The van der Waals surface area contributed by atoms with Crippen LogP contribution in [0.5, 0.6) is 0 Å². The summed E-state index contributed by atoms with van der Waals surface area (Å²) in [5, 5.41) is 8.21. The maximum atomic E-state index is 5.70. The van der Waals surface area contributed by atoms with Gasteiger partial charge in [-0.3, -0.25) is 9.89 Å². The third-order valence-corrected chi connectivity index (χ3v) is 5.50. The van der Waals surface area contributed by atoms with Gasteiger partial charge in [0.1, 0.15) is 5.76 Å². The first kappa shape index (κ1) is 21.7. The summed E-state index contributed by atoms with van der Waals surface area (Å²) in [4.78, 5) is 10.2. The average Bonchev–Trinajstić information content (AvgIpc) is 3.49. The van der Waals surface area contributed by atoms with Crippen LogP contribution in [-0.2, 0) is 6.42 Å². The Morgan fingerprint density at radius 1 is 1.17 bits per heavy atom. The summed E-state index contributed by atoms with van der Waals surface area (Å²) < 4.78 is 5.70. The average molecular weight is 507 g/mol. The van der Waals surface area contributed by atoms with Gasteiger partial charge in [-0.25, -0.2) is 0 Å². The van der Waals surface area contributed by atoms with E-state index in [0.29, 0.717) is 0 Å². The number of hydrogen-bond donors (Lipinski definition) is 3. The van der Waals surface area contributed by atoms with E-state index < -0.39 is 0 Å². The maximum Gasteiger partial charge on any atom is 0.191 e. The van der Waals surface area contributed by atoms with Crippen LogP contribution in [0.3, 0.4) is 0 Å². The number of aromatic amines is 1. The number of H-pyrrole nitrogens is 1. The fourth-order valence-corrected chi connectivity index (χ4v) is 4.01. The molecule has 0 amide bonds. The Bertz CT molecular complexity index is 899. The van der Waals surface area contributed by atoms with Gasteiger partial charge in [-0.1, -0.05) is 18.2 Å². The first-order valence-electron chi connectivity index (χ1n) is 10.1. The first-order chi connectivity index (χ1) is 13.8. The van der Waals surface area contributed by atoms with Gasteiger partial charge in [0.05, 0.1) is 12.3 Å². The Morgan fingerprint density at radius 3 is 2.76 bits per heavy atom. The summed E-state index contributed by atoms with van der Waals surface area (Å²) in [6, 6.07) is 12.7. The number of aliphatic imine (C=N–C) groups is 1. The Hall–Kier alpha value is -2.00. The van der Waals surface area contributed by atoms with E-state index >= 15 is 0 Å². The molecule has 1 atom stereocenters. The summed E-state index contributed by atoms with van der Waals surface area (Å²) in [5.41, 5.74) is 2.51. The number of benzene rings is 1. The molecule has 0 spiro atoms. The summed E-state index contributed by atoms with van der Waals surface area (Å²) in [6.07, 6.45) is 7.32. The van der Waals surface area contributed by atoms with Gasteiger partial charge in [0.2, 0.25) is 0 Å². The zero-order valence-corrected chi connectivity index (χ0v) is 19.2. The van der Waals surface area contributed by atoms with Crippen LogP contribution in [0.4, 0.5) is 0 Å². The second-order valence-corrected chi connectivity index (χ2v) is 7.26. The second-order valence-electron chi connectivity index (χ2n) is 7.26. The highest BCUT2D eigenvalue weighted by Gasteiger charge is 2.25. The molecule has 29 heavy (non-hydrogen) atoms. The minimum absolute atomic E-state index is 0. The van der Waals surface area contributed by atoms with Crippen LogP contribution in [0, 0.1) is 0 Å². The number of nitrogens with zero attached hydrogens (tertiary/aromatic N) is 2. The Labute approximate surface area is 189 Å². The van der Waals surface area contributed by atoms with E-state index in [2.05, 4.69) is 62.0 Å². The highest BCUT2D eigenvalue weighted by atomic mass is 127. The Balaban J connectivity index is 0.00000240. The molecule has 1 aromatic carbocycles. The predicted molar refractivity (Wildman–Crippen MR) is 129 cm³/mol.